The molecule has 1 fully saturated rings. The Labute approximate surface area is 115 Å². The second kappa shape index (κ2) is 5.69. The normalized spacial score (nSPS) is 18.7. The molecule has 98 valence electrons. The number of carbonyl (C=O) groups excluding carboxylic acids is 1. The van der Waals surface area contributed by atoms with E-state index in [0.717, 1.165) is 25.9 Å². The van der Waals surface area contributed by atoms with E-state index in [1.165, 1.54) is 12.4 Å². The molecule has 1 unspecified atom stereocenters. The van der Waals surface area contributed by atoms with Gasteiger partial charge in [-0.15, -0.1) is 0 Å². The third-order valence-electron chi connectivity index (χ3n) is 3.51. The first-order valence-corrected chi connectivity index (χ1v) is 7.07. The maximum absolute atomic E-state index is 12.2. The van der Waals surface area contributed by atoms with E-state index >= 15 is 0 Å². The lowest BCUT2D eigenvalue weighted by atomic mass is 9.94. The molecule has 0 radical (unpaired) electrons. The minimum Gasteiger partial charge on any atom is -0.505 e. The predicted molar refractivity (Wildman–Crippen MR) is 72.9 cm³/mol. The maximum Gasteiger partial charge on any atom is 0.257 e. The van der Waals surface area contributed by atoms with E-state index in [-0.39, 0.29) is 11.7 Å². The topological polar surface area (TPSA) is 53.4 Å². The quantitative estimate of drug-likeness (QED) is 0.853. The minimum atomic E-state index is -0.101. The lowest BCUT2D eigenvalue weighted by Crippen LogP contribution is -2.40. The number of pyridine rings is 1. The number of rotatable bonds is 2. The summed E-state index contributed by atoms with van der Waals surface area (Å²) in [7, 11) is 0. The molecular formula is C13H17BrN2O2. The van der Waals surface area contributed by atoms with Crippen LogP contribution >= 0.6 is 15.9 Å². The summed E-state index contributed by atoms with van der Waals surface area (Å²) in [4.78, 5) is 18.3. The highest BCUT2D eigenvalue weighted by Crippen LogP contribution is 2.26. The molecule has 0 aliphatic carbocycles. The van der Waals surface area contributed by atoms with E-state index in [1.807, 2.05) is 0 Å². The fourth-order valence-corrected chi connectivity index (χ4v) is 2.83. The number of aromatic nitrogens is 1. The molecule has 1 atom stereocenters. The number of amides is 1. The van der Waals surface area contributed by atoms with Crippen LogP contribution in [0.2, 0.25) is 0 Å². The molecule has 1 aliphatic rings. The Balaban J connectivity index is 2.02. The molecule has 0 bridgehead atoms. The number of likely N-dealkylation sites (tertiary alicyclic amines) is 1. The molecule has 1 saturated heterocycles. The molecule has 2 rings (SSSR count). The highest BCUT2D eigenvalue weighted by atomic mass is 79.9. The van der Waals surface area contributed by atoms with Gasteiger partial charge < -0.3 is 10.0 Å². The van der Waals surface area contributed by atoms with Crippen LogP contribution in [0.25, 0.3) is 0 Å². The van der Waals surface area contributed by atoms with E-state index in [1.54, 1.807) is 11.0 Å². The Morgan fingerprint density at radius 1 is 1.56 bits per heavy atom. The molecule has 1 N–H and O–H groups in total. The molecule has 1 aromatic rings. The highest BCUT2D eigenvalue weighted by Gasteiger charge is 2.26. The van der Waals surface area contributed by atoms with Crippen LogP contribution < -0.4 is 0 Å². The van der Waals surface area contributed by atoms with E-state index in [2.05, 4.69) is 27.8 Å². The van der Waals surface area contributed by atoms with Crippen LogP contribution in [-0.4, -0.2) is 38.8 Å². The molecular weight excluding hydrogens is 296 g/mol. The van der Waals surface area contributed by atoms with Gasteiger partial charge in [-0.05, 0) is 24.8 Å². The average molecular weight is 313 g/mol. The number of halogens is 1. The lowest BCUT2D eigenvalue weighted by molar-refractivity contribution is 0.0688. The third-order valence-corrected chi connectivity index (χ3v) is 4.25. The zero-order chi connectivity index (χ0) is 13.1. The predicted octanol–water partition coefficient (Wildman–Crippen LogP) is 2.42. The third kappa shape index (κ3) is 2.83. The Morgan fingerprint density at radius 3 is 2.78 bits per heavy atom. The van der Waals surface area contributed by atoms with Crippen LogP contribution in [0, 0.1) is 5.92 Å². The van der Waals surface area contributed by atoms with Crippen molar-refractivity contribution in [2.24, 2.45) is 5.92 Å². The van der Waals surface area contributed by atoms with Crippen LogP contribution in [0.15, 0.2) is 18.5 Å². The number of hydrogen-bond acceptors (Lipinski definition) is 3. The van der Waals surface area contributed by atoms with E-state index in [0.29, 0.717) is 16.3 Å². The highest BCUT2D eigenvalue weighted by molar-refractivity contribution is 9.09. The molecule has 5 heteroatoms. The van der Waals surface area contributed by atoms with Crippen molar-refractivity contribution in [1.29, 1.82) is 0 Å². The van der Waals surface area contributed by atoms with Crippen molar-refractivity contribution in [2.45, 2.75) is 24.6 Å². The van der Waals surface area contributed by atoms with Gasteiger partial charge in [0.1, 0.15) is 5.75 Å². The summed E-state index contributed by atoms with van der Waals surface area (Å²) in [6.45, 7) is 3.65. The number of nitrogens with zero attached hydrogens (tertiary/aromatic N) is 2. The molecule has 0 aromatic carbocycles. The summed E-state index contributed by atoms with van der Waals surface area (Å²) < 4.78 is 0. The summed E-state index contributed by atoms with van der Waals surface area (Å²) in [5, 5.41) is 9.63. The molecule has 1 aliphatic heterocycles. The molecule has 4 nitrogen and oxygen atoms in total. The van der Waals surface area contributed by atoms with Crippen molar-refractivity contribution >= 4 is 21.8 Å². The van der Waals surface area contributed by atoms with Crippen LogP contribution in [0.3, 0.4) is 0 Å². The Hall–Kier alpha value is -1.10. The van der Waals surface area contributed by atoms with Gasteiger partial charge in [0.2, 0.25) is 0 Å². The average Bonchev–Trinajstić information content (AvgIpc) is 2.38. The van der Waals surface area contributed by atoms with Gasteiger partial charge in [-0.2, -0.15) is 0 Å². The summed E-state index contributed by atoms with van der Waals surface area (Å²) >= 11 is 3.60. The minimum absolute atomic E-state index is 0.0431. The summed E-state index contributed by atoms with van der Waals surface area (Å²) in [6.07, 6.45) is 4.84. The number of hydrogen-bond donors (Lipinski definition) is 1. The standard InChI is InChI=1S/C13H17BrN2O2/c1-9(14)10-3-6-16(7-4-10)13(18)11-2-5-15-8-12(11)17/h2,5,8-10,17H,3-4,6-7H2,1H3. The largest absolute Gasteiger partial charge is 0.505 e. The Bertz CT molecular complexity index is 429. The van der Waals surface area contributed by atoms with Gasteiger partial charge in [-0.1, -0.05) is 22.9 Å². The molecule has 18 heavy (non-hydrogen) atoms. The fourth-order valence-electron chi connectivity index (χ4n) is 2.30. The van der Waals surface area contributed by atoms with Gasteiger partial charge in [0.25, 0.3) is 5.91 Å². The zero-order valence-electron chi connectivity index (χ0n) is 10.3. The molecule has 1 amide bonds. The first-order valence-electron chi connectivity index (χ1n) is 6.16. The number of carbonyl (C=O) groups is 1. The van der Waals surface area contributed by atoms with Gasteiger partial charge in [-0.3, -0.25) is 9.78 Å². The van der Waals surface area contributed by atoms with Crippen molar-refractivity contribution < 1.29 is 9.90 Å². The first-order chi connectivity index (χ1) is 8.59. The summed E-state index contributed by atoms with van der Waals surface area (Å²) in [5.74, 6) is 0.481. The van der Waals surface area contributed by atoms with Crippen LogP contribution in [0.5, 0.6) is 5.75 Å². The molecule has 0 spiro atoms. The Morgan fingerprint density at radius 2 is 2.22 bits per heavy atom. The van der Waals surface area contributed by atoms with Gasteiger partial charge >= 0.3 is 0 Å². The van der Waals surface area contributed by atoms with Crippen molar-refractivity contribution in [3.63, 3.8) is 0 Å². The monoisotopic (exact) mass is 312 g/mol. The molecule has 0 saturated carbocycles. The lowest BCUT2D eigenvalue weighted by Gasteiger charge is -2.33. The number of piperidine rings is 1. The first kappa shape index (κ1) is 13.3. The van der Waals surface area contributed by atoms with Gasteiger partial charge in [0, 0.05) is 24.1 Å². The van der Waals surface area contributed by atoms with Crippen LogP contribution in [0.1, 0.15) is 30.1 Å². The maximum atomic E-state index is 12.2. The summed E-state index contributed by atoms with van der Waals surface area (Å²) in [5.41, 5.74) is 0.343. The second-order valence-electron chi connectivity index (χ2n) is 4.70. The van der Waals surface area contributed by atoms with Gasteiger partial charge in [-0.25, -0.2) is 0 Å². The van der Waals surface area contributed by atoms with Crippen molar-refractivity contribution in [1.82, 2.24) is 9.88 Å². The van der Waals surface area contributed by atoms with Crippen molar-refractivity contribution in [2.75, 3.05) is 13.1 Å². The van der Waals surface area contributed by atoms with Crippen molar-refractivity contribution in [3.8, 4) is 5.75 Å². The molecule has 1 aromatic heterocycles. The van der Waals surface area contributed by atoms with E-state index < -0.39 is 0 Å². The Kier molecular flexibility index (Phi) is 4.22. The fraction of sp³-hybridized carbons (Fsp3) is 0.538. The van der Waals surface area contributed by atoms with Gasteiger partial charge in [0.05, 0.1) is 11.8 Å². The van der Waals surface area contributed by atoms with E-state index in [4.69, 9.17) is 0 Å². The number of alkyl halides is 1. The SMILES string of the molecule is CC(Br)C1CCN(C(=O)c2ccncc2O)CC1. The van der Waals surface area contributed by atoms with Crippen molar-refractivity contribution in [3.05, 3.63) is 24.0 Å². The number of aromatic hydroxyl groups is 1. The van der Waals surface area contributed by atoms with Crippen LogP contribution in [-0.2, 0) is 0 Å². The van der Waals surface area contributed by atoms with Gasteiger partial charge in [0.15, 0.2) is 0 Å². The molecule has 2 heterocycles. The second-order valence-corrected chi connectivity index (χ2v) is 6.14. The smallest absolute Gasteiger partial charge is 0.257 e. The van der Waals surface area contributed by atoms with Crippen LogP contribution in [0.4, 0.5) is 0 Å². The van der Waals surface area contributed by atoms with E-state index in [9.17, 15) is 9.90 Å². The zero-order valence-corrected chi connectivity index (χ0v) is 11.9. The summed E-state index contributed by atoms with van der Waals surface area (Å²) in [6, 6.07) is 1.57.